The standard InChI is InChI=1S/C7H7BrN2O2/c8-5-3-10(4-1-2-4)9-6(5)7(11)12/h3-4H,1-2H2,(H,11,12). The van der Waals surface area contributed by atoms with Crippen LogP contribution in [0.25, 0.3) is 0 Å². The summed E-state index contributed by atoms with van der Waals surface area (Å²) < 4.78 is 2.27. The van der Waals surface area contributed by atoms with Crippen molar-refractivity contribution in [3.8, 4) is 0 Å². The van der Waals surface area contributed by atoms with Crippen LogP contribution < -0.4 is 0 Å². The lowest BCUT2D eigenvalue weighted by molar-refractivity contribution is 0.0688. The molecule has 12 heavy (non-hydrogen) atoms. The summed E-state index contributed by atoms with van der Waals surface area (Å²) in [5.74, 6) is -0.985. The first-order chi connectivity index (χ1) is 5.68. The minimum absolute atomic E-state index is 0.0990. The molecule has 1 aromatic heterocycles. The Kier molecular flexibility index (Phi) is 1.68. The van der Waals surface area contributed by atoms with Crippen molar-refractivity contribution in [3.05, 3.63) is 16.4 Å². The normalized spacial score (nSPS) is 16.4. The van der Waals surface area contributed by atoms with Crippen molar-refractivity contribution in [3.63, 3.8) is 0 Å². The molecule has 64 valence electrons. The van der Waals surface area contributed by atoms with Crippen LogP contribution in [0.5, 0.6) is 0 Å². The van der Waals surface area contributed by atoms with E-state index in [9.17, 15) is 4.79 Å². The summed E-state index contributed by atoms with van der Waals surface area (Å²) in [6.45, 7) is 0. The van der Waals surface area contributed by atoms with Gasteiger partial charge < -0.3 is 5.11 Å². The molecule has 0 saturated heterocycles. The molecule has 0 unspecified atom stereocenters. The minimum Gasteiger partial charge on any atom is -0.476 e. The maximum absolute atomic E-state index is 10.6. The molecule has 0 aliphatic heterocycles. The highest BCUT2D eigenvalue weighted by Crippen LogP contribution is 2.35. The number of carboxylic acids is 1. The molecule has 4 nitrogen and oxygen atoms in total. The summed E-state index contributed by atoms with van der Waals surface area (Å²) in [6.07, 6.45) is 3.93. The number of carboxylic acid groups (broad SMARTS) is 1. The summed E-state index contributed by atoms with van der Waals surface area (Å²) in [5.41, 5.74) is 0.0990. The Balaban J connectivity index is 2.36. The second kappa shape index (κ2) is 2.58. The molecule has 0 radical (unpaired) electrons. The van der Waals surface area contributed by atoms with Gasteiger partial charge in [-0.3, -0.25) is 4.68 Å². The average molecular weight is 231 g/mol. The molecule has 0 atom stereocenters. The first kappa shape index (κ1) is 7.79. The monoisotopic (exact) mass is 230 g/mol. The van der Waals surface area contributed by atoms with Gasteiger partial charge in [-0.05, 0) is 28.8 Å². The number of carbonyl (C=O) groups is 1. The van der Waals surface area contributed by atoms with E-state index in [0.717, 1.165) is 12.8 Å². The largest absolute Gasteiger partial charge is 0.476 e. The van der Waals surface area contributed by atoms with Gasteiger partial charge in [0.15, 0.2) is 5.69 Å². The lowest BCUT2D eigenvalue weighted by Crippen LogP contribution is -2.01. The molecule has 1 N–H and O–H groups in total. The number of halogens is 1. The van der Waals surface area contributed by atoms with Crippen LogP contribution in [-0.4, -0.2) is 20.9 Å². The number of nitrogens with zero attached hydrogens (tertiary/aromatic N) is 2. The zero-order valence-electron chi connectivity index (χ0n) is 6.20. The highest BCUT2D eigenvalue weighted by Gasteiger charge is 2.26. The summed E-state index contributed by atoms with van der Waals surface area (Å²) in [6, 6.07) is 0.425. The van der Waals surface area contributed by atoms with Crippen LogP contribution in [0.4, 0.5) is 0 Å². The van der Waals surface area contributed by atoms with Gasteiger partial charge >= 0.3 is 5.97 Å². The Labute approximate surface area is 77.3 Å². The van der Waals surface area contributed by atoms with Crippen molar-refractivity contribution in [1.82, 2.24) is 9.78 Å². The maximum atomic E-state index is 10.6. The van der Waals surface area contributed by atoms with Crippen molar-refractivity contribution in [1.29, 1.82) is 0 Å². The molecule has 5 heteroatoms. The van der Waals surface area contributed by atoms with E-state index >= 15 is 0 Å². The van der Waals surface area contributed by atoms with Gasteiger partial charge in [0.25, 0.3) is 0 Å². The molecule has 0 spiro atoms. The van der Waals surface area contributed by atoms with E-state index < -0.39 is 5.97 Å². The van der Waals surface area contributed by atoms with Crippen LogP contribution in [0.15, 0.2) is 10.7 Å². The van der Waals surface area contributed by atoms with Gasteiger partial charge in [0.2, 0.25) is 0 Å². The third-order valence-corrected chi connectivity index (χ3v) is 2.39. The highest BCUT2D eigenvalue weighted by molar-refractivity contribution is 9.10. The van der Waals surface area contributed by atoms with E-state index in [1.807, 2.05) is 0 Å². The Morgan fingerprint density at radius 2 is 2.42 bits per heavy atom. The fraction of sp³-hybridized carbons (Fsp3) is 0.429. The van der Waals surface area contributed by atoms with Gasteiger partial charge in [0.05, 0.1) is 10.5 Å². The lowest BCUT2D eigenvalue weighted by atomic mass is 10.4. The quantitative estimate of drug-likeness (QED) is 0.842. The molecule has 1 aliphatic carbocycles. The van der Waals surface area contributed by atoms with Gasteiger partial charge in [-0.15, -0.1) is 0 Å². The Morgan fingerprint density at radius 3 is 2.83 bits per heavy atom. The third-order valence-electron chi connectivity index (χ3n) is 1.81. The smallest absolute Gasteiger partial charge is 0.357 e. The molecule has 2 rings (SSSR count). The summed E-state index contributed by atoms with van der Waals surface area (Å²) >= 11 is 3.15. The van der Waals surface area contributed by atoms with Gasteiger partial charge in [-0.1, -0.05) is 0 Å². The number of hydrogen-bond donors (Lipinski definition) is 1. The van der Waals surface area contributed by atoms with Crippen LogP contribution in [0, 0.1) is 0 Å². The average Bonchev–Trinajstić information content (AvgIpc) is 2.75. The third kappa shape index (κ3) is 1.24. The van der Waals surface area contributed by atoms with Crippen LogP contribution in [0.2, 0.25) is 0 Å². The molecule has 1 aliphatic rings. The molecule has 1 heterocycles. The number of hydrogen-bond acceptors (Lipinski definition) is 2. The maximum Gasteiger partial charge on any atom is 0.357 e. The van der Waals surface area contributed by atoms with Crippen molar-refractivity contribution >= 4 is 21.9 Å². The fourth-order valence-corrected chi connectivity index (χ4v) is 1.50. The molecular weight excluding hydrogens is 224 g/mol. The second-order valence-electron chi connectivity index (χ2n) is 2.84. The van der Waals surface area contributed by atoms with Crippen LogP contribution >= 0.6 is 15.9 Å². The number of aromatic carboxylic acids is 1. The highest BCUT2D eigenvalue weighted by atomic mass is 79.9. The predicted molar refractivity (Wildman–Crippen MR) is 45.2 cm³/mol. The zero-order chi connectivity index (χ0) is 8.72. The topological polar surface area (TPSA) is 55.1 Å². The van der Waals surface area contributed by atoms with E-state index in [-0.39, 0.29) is 5.69 Å². The molecule has 1 fully saturated rings. The fourth-order valence-electron chi connectivity index (χ4n) is 1.04. The summed E-state index contributed by atoms with van der Waals surface area (Å²) in [4.78, 5) is 10.6. The first-order valence-corrected chi connectivity index (χ1v) is 4.45. The molecule has 0 aromatic carbocycles. The van der Waals surface area contributed by atoms with Crippen molar-refractivity contribution in [2.45, 2.75) is 18.9 Å². The first-order valence-electron chi connectivity index (χ1n) is 3.66. The van der Waals surface area contributed by atoms with E-state index in [0.29, 0.717) is 10.5 Å². The van der Waals surface area contributed by atoms with Crippen molar-refractivity contribution in [2.75, 3.05) is 0 Å². The molecule has 1 aromatic rings. The predicted octanol–water partition coefficient (Wildman–Crippen LogP) is 1.68. The van der Waals surface area contributed by atoms with Crippen LogP contribution in [0.3, 0.4) is 0 Å². The number of rotatable bonds is 2. The lowest BCUT2D eigenvalue weighted by Gasteiger charge is -1.92. The van der Waals surface area contributed by atoms with Gasteiger partial charge in [0, 0.05) is 6.20 Å². The Morgan fingerprint density at radius 1 is 1.75 bits per heavy atom. The van der Waals surface area contributed by atoms with Gasteiger partial charge in [-0.25, -0.2) is 4.79 Å². The molecule has 0 amide bonds. The zero-order valence-corrected chi connectivity index (χ0v) is 7.78. The Hall–Kier alpha value is -0.840. The Bertz CT molecular complexity index is 330. The van der Waals surface area contributed by atoms with E-state index in [1.165, 1.54) is 0 Å². The SMILES string of the molecule is O=C(O)c1nn(C2CC2)cc1Br. The number of aromatic nitrogens is 2. The van der Waals surface area contributed by atoms with Crippen molar-refractivity contribution in [2.24, 2.45) is 0 Å². The molecular formula is C7H7BrN2O2. The van der Waals surface area contributed by atoms with E-state index in [2.05, 4.69) is 21.0 Å². The second-order valence-corrected chi connectivity index (χ2v) is 3.70. The summed E-state index contributed by atoms with van der Waals surface area (Å²) in [7, 11) is 0. The van der Waals surface area contributed by atoms with E-state index in [1.54, 1.807) is 10.9 Å². The van der Waals surface area contributed by atoms with E-state index in [4.69, 9.17) is 5.11 Å². The van der Waals surface area contributed by atoms with Crippen molar-refractivity contribution < 1.29 is 9.90 Å². The molecule has 1 saturated carbocycles. The van der Waals surface area contributed by atoms with Crippen LogP contribution in [0.1, 0.15) is 29.4 Å². The molecule has 0 bridgehead atoms. The minimum atomic E-state index is -0.985. The van der Waals surface area contributed by atoms with Gasteiger partial charge in [0.1, 0.15) is 0 Å². The van der Waals surface area contributed by atoms with Crippen LogP contribution in [-0.2, 0) is 0 Å². The van der Waals surface area contributed by atoms with Gasteiger partial charge in [-0.2, -0.15) is 5.10 Å². The summed E-state index contributed by atoms with van der Waals surface area (Å²) in [5, 5.41) is 12.6.